The van der Waals surface area contributed by atoms with Crippen LogP contribution in [0.4, 0.5) is 0 Å². The van der Waals surface area contributed by atoms with Crippen LogP contribution < -0.4 is 0 Å². The maximum Gasteiger partial charge on any atom is 0.0971 e. The molecule has 114 valence electrons. The molecule has 1 N–H and O–H groups in total. The predicted octanol–water partition coefficient (Wildman–Crippen LogP) is 6.30. The summed E-state index contributed by atoms with van der Waals surface area (Å²) in [6.45, 7) is 0. The molecule has 2 nitrogen and oxygen atoms in total. The number of nitrogens with zero attached hydrogens (tertiary/aromatic N) is 1. The lowest BCUT2D eigenvalue weighted by Gasteiger charge is -2.08. The SMILES string of the molecule is Brc1ccc(-c2nc3c4ccccc4[nH]c3c3ccccc23)cc1. The van der Waals surface area contributed by atoms with Gasteiger partial charge >= 0.3 is 0 Å². The lowest BCUT2D eigenvalue weighted by atomic mass is 10.0. The summed E-state index contributed by atoms with van der Waals surface area (Å²) >= 11 is 3.51. The normalized spacial score (nSPS) is 11.5. The highest BCUT2D eigenvalue weighted by Crippen LogP contribution is 2.35. The Hall–Kier alpha value is -2.65. The third kappa shape index (κ3) is 1.98. The predicted molar refractivity (Wildman–Crippen MR) is 104 cm³/mol. The number of aromatic amines is 1. The summed E-state index contributed by atoms with van der Waals surface area (Å²) in [5, 5.41) is 3.53. The first-order valence-electron chi connectivity index (χ1n) is 7.86. The van der Waals surface area contributed by atoms with Crippen molar-refractivity contribution in [2.45, 2.75) is 0 Å². The summed E-state index contributed by atoms with van der Waals surface area (Å²) < 4.78 is 1.07. The van der Waals surface area contributed by atoms with Crippen LogP contribution in [0.5, 0.6) is 0 Å². The highest BCUT2D eigenvalue weighted by atomic mass is 79.9. The van der Waals surface area contributed by atoms with Crippen LogP contribution in [0.1, 0.15) is 0 Å². The number of hydrogen-bond donors (Lipinski definition) is 1. The number of rotatable bonds is 1. The van der Waals surface area contributed by atoms with Crippen LogP contribution in [0.15, 0.2) is 77.3 Å². The van der Waals surface area contributed by atoms with Gasteiger partial charge in [0.1, 0.15) is 0 Å². The minimum atomic E-state index is 1.02. The van der Waals surface area contributed by atoms with Gasteiger partial charge in [-0.15, -0.1) is 0 Å². The van der Waals surface area contributed by atoms with E-state index in [-0.39, 0.29) is 0 Å². The van der Waals surface area contributed by atoms with E-state index in [1.54, 1.807) is 0 Å². The van der Waals surface area contributed by atoms with Gasteiger partial charge < -0.3 is 4.98 Å². The number of nitrogens with one attached hydrogen (secondary N) is 1. The molecule has 0 atom stereocenters. The van der Waals surface area contributed by atoms with Crippen molar-refractivity contribution in [1.82, 2.24) is 9.97 Å². The van der Waals surface area contributed by atoms with E-state index in [9.17, 15) is 0 Å². The van der Waals surface area contributed by atoms with Gasteiger partial charge in [0.15, 0.2) is 0 Å². The van der Waals surface area contributed by atoms with Crippen LogP contribution >= 0.6 is 15.9 Å². The molecule has 0 saturated carbocycles. The number of para-hydroxylation sites is 1. The molecule has 5 rings (SSSR count). The number of hydrogen-bond acceptors (Lipinski definition) is 1. The van der Waals surface area contributed by atoms with Crippen molar-refractivity contribution < 1.29 is 0 Å². The molecule has 2 heterocycles. The number of pyridine rings is 1. The Morgan fingerprint density at radius 3 is 2.17 bits per heavy atom. The van der Waals surface area contributed by atoms with Crippen LogP contribution in [-0.2, 0) is 0 Å². The number of aromatic nitrogens is 2. The van der Waals surface area contributed by atoms with E-state index >= 15 is 0 Å². The Morgan fingerprint density at radius 1 is 0.708 bits per heavy atom. The third-order valence-corrected chi connectivity index (χ3v) is 5.00. The molecule has 0 spiro atoms. The van der Waals surface area contributed by atoms with E-state index in [1.807, 2.05) is 0 Å². The topological polar surface area (TPSA) is 28.7 Å². The van der Waals surface area contributed by atoms with Gasteiger partial charge in [-0.2, -0.15) is 0 Å². The molecule has 0 unspecified atom stereocenters. The first-order valence-corrected chi connectivity index (χ1v) is 8.66. The molecule has 0 radical (unpaired) electrons. The number of benzene rings is 3. The fourth-order valence-electron chi connectivity index (χ4n) is 3.35. The van der Waals surface area contributed by atoms with Crippen LogP contribution in [0.3, 0.4) is 0 Å². The minimum absolute atomic E-state index is 1.02. The van der Waals surface area contributed by atoms with Crippen molar-refractivity contribution in [3.63, 3.8) is 0 Å². The van der Waals surface area contributed by atoms with E-state index in [1.165, 1.54) is 10.8 Å². The molecule has 0 aliphatic rings. The lowest BCUT2D eigenvalue weighted by molar-refractivity contribution is 1.43. The van der Waals surface area contributed by atoms with Gasteiger partial charge in [0.25, 0.3) is 0 Å². The number of fused-ring (bicyclic) bond motifs is 5. The molecule has 3 aromatic carbocycles. The summed E-state index contributed by atoms with van der Waals surface area (Å²) in [5.74, 6) is 0. The Kier molecular flexibility index (Phi) is 2.97. The standard InChI is InChI=1S/C21H13BrN2/c22-14-11-9-13(10-12-14)19-15-5-1-2-6-16(15)20-21(24-19)17-7-3-4-8-18(17)23-20/h1-12,23H. The van der Waals surface area contributed by atoms with Crippen molar-refractivity contribution in [3.05, 3.63) is 77.3 Å². The molecule has 0 aliphatic heterocycles. The Labute approximate surface area is 147 Å². The Morgan fingerprint density at radius 2 is 1.38 bits per heavy atom. The zero-order valence-corrected chi connectivity index (χ0v) is 14.3. The van der Waals surface area contributed by atoms with Gasteiger partial charge in [0, 0.05) is 31.7 Å². The Bertz CT molecular complexity index is 1200. The van der Waals surface area contributed by atoms with Crippen molar-refractivity contribution in [1.29, 1.82) is 0 Å². The molecule has 0 aliphatic carbocycles. The first kappa shape index (κ1) is 13.8. The highest BCUT2D eigenvalue weighted by molar-refractivity contribution is 9.10. The molecule has 0 saturated heterocycles. The van der Waals surface area contributed by atoms with Gasteiger partial charge in [-0.05, 0) is 18.2 Å². The molecule has 5 aromatic rings. The lowest BCUT2D eigenvalue weighted by Crippen LogP contribution is -1.88. The molecule has 0 amide bonds. The molecule has 24 heavy (non-hydrogen) atoms. The smallest absolute Gasteiger partial charge is 0.0971 e. The number of halogens is 1. The van der Waals surface area contributed by atoms with Crippen LogP contribution in [-0.4, -0.2) is 9.97 Å². The minimum Gasteiger partial charge on any atom is -0.353 e. The molecular formula is C21H13BrN2. The molecule has 2 aromatic heterocycles. The van der Waals surface area contributed by atoms with Crippen molar-refractivity contribution in [2.24, 2.45) is 0 Å². The zero-order valence-electron chi connectivity index (χ0n) is 12.8. The van der Waals surface area contributed by atoms with E-state index in [2.05, 4.69) is 93.7 Å². The van der Waals surface area contributed by atoms with Crippen molar-refractivity contribution in [2.75, 3.05) is 0 Å². The molecule has 0 bridgehead atoms. The average Bonchev–Trinajstić information content (AvgIpc) is 3.01. The molecule has 3 heteroatoms. The quantitative estimate of drug-likeness (QED) is 0.367. The van der Waals surface area contributed by atoms with Gasteiger partial charge in [0.2, 0.25) is 0 Å². The van der Waals surface area contributed by atoms with Gasteiger partial charge in [-0.25, -0.2) is 4.98 Å². The fraction of sp³-hybridized carbons (Fsp3) is 0. The Balaban J connectivity index is 1.97. The summed E-state index contributed by atoms with van der Waals surface area (Å²) in [5.41, 5.74) is 5.41. The van der Waals surface area contributed by atoms with Gasteiger partial charge in [0.05, 0.1) is 16.7 Å². The zero-order chi connectivity index (χ0) is 16.1. The van der Waals surface area contributed by atoms with Crippen LogP contribution in [0.25, 0.3) is 44.0 Å². The maximum atomic E-state index is 5.04. The first-order chi connectivity index (χ1) is 11.8. The number of H-pyrrole nitrogens is 1. The average molecular weight is 373 g/mol. The van der Waals surface area contributed by atoms with E-state index in [4.69, 9.17) is 4.98 Å². The van der Waals surface area contributed by atoms with E-state index in [0.29, 0.717) is 0 Å². The van der Waals surface area contributed by atoms with E-state index < -0.39 is 0 Å². The van der Waals surface area contributed by atoms with Gasteiger partial charge in [-0.3, -0.25) is 0 Å². The van der Waals surface area contributed by atoms with Gasteiger partial charge in [-0.1, -0.05) is 70.5 Å². The molecule has 0 fully saturated rings. The fourth-order valence-corrected chi connectivity index (χ4v) is 3.61. The second kappa shape index (κ2) is 5.18. The largest absolute Gasteiger partial charge is 0.353 e. The van der Waals surface area contributed by atoms with Crippen molar-refractivity contribution in [3.8, 4) is 11.3 Å². The van der Waals surface area contributed by atoms with E-state index in [0.717, 1.165) is 37.7 Å². The monoisotopic (exact) mass is 372 g/mol. The third-order valence-electron chi connectivity index (χ3n) is 4.47. The second-order valence-electron chi connectivity index (χ2n) is 5.91. The van der Waals surface area contributed by atoms with Crippen LogP contribution in [0.2, 0.25) is 0 Å². The maximum absolute atomic E-state index is 5.04. The van der Waals surface area contributed by atoms with Crippen molar-refractivity contribution >= 4 is 48.6 Å². The summed E-state index contributed by atoms with van der Waals surface area (Å²) in [6, 6.07) is 25.1. The molecular weight excluding hydrogens is 360 g/mol. The van der Waals surface area contributed by atoms with Crippen LogP contribution in [0, 0.1) is 0 Å². The summed E-state index contributed by atoms with van der Waals surface area (Å²) in [7, 11) is 0. The highest BCUT2D eigenvalue weighted by Gasteiger charge is 2.13. The second-order valence-corrected chi connectivity index (χ2v) is 6.82. The summed E-state index contributed by atoms with van der Waals surface area (Å²) in [4.78, 5) is 8.58. The summed E-state index contributed by atoms with van der Waals surface area (Å²) in [6.07, 6.45) is 0.